The largest absolute Gasteiger partial charge is 0.444 e. The van der Waals surface area contributed by atoms with Gasteiger partial charge in [0.2, 0.25) is 5.95 Å². The van der Waals surface area contributed by atoms with Crippen molar-refractivity contribution in [2.24, 2.45) is 5.41 Å². The number of piperidine rings is 1. The number of nitrogens with one attached hydrogen (secondary N) is 1. The molecule has 16 heteroatoms. The van der Waals surface area contributed by atoms with Crippen LogP contribution in [0.3, 0.4) is 0 Å². The smallest absolute Gasteiger partial charge is 0.410 e. The first kappa shape index (κ1) is 41.5. The van der Waals surface area contributed by atoms with Crippen molar-refractivity contribution in [2.45, 2.75) is 117 Å². The normalized spacial score (nSPS) is 19.0. The van der Waals surface area contributed by atoms with Gasteiger partial charge in [0.15, 0.2) is 5.65 Å². The van der Waals surface area contributed by atoms with Gasteiger partial charge in [-0.3, -0.25) is 13.9 Å². The Kier molecular flexibility index (Phi) is 10.4. The van der Waals surface area contributed by atoms with Crippen molar-refractivity contribution in [1.82, 2.24) is 43.4 Å². The monoisotopic (exact) mass is 862 g/mol. The Morgan fingerprint density at radius 3 is 2.40 bits per heavy atom. The molecule has 2 fully saturated rings. The van der Waals surface area contributed by atoms with Gasteiger partial charge in [-0.1, -0.05) is 38.4 Å². The van der Waals surface area contributed by atoms with E-state index in [4.69, 9.17) is 26.3 Å². The molecule has 2 atom stereocenters. The molecule has 1 N–H and O–H groups in total. The highest BCUT2D eigenvalue weighted by molar-refractivity contribution is 6.30. The highest BCUT2D eigenvalue weighted by Crippen LogP contribution is 2.42. The summed E-state index contributed by atoms with van der Waals surface area (Å²) in [6.45, 7) is 15.4. The summed E-state index contributed by atoms with van der Waals surface area (Å²) in [6.07, 6.45) is 6.37. The summed E-state index contributed by atoms with van der Waals surface area (Å²) in [6, 6.07) is 11.6. The molecule has 6 aromatic rings. The van der Waals surface area contributed by atoms with Crippen molar-refractivity contribution in [3.63, 3.8) is 0 Å². The lowest BCUT2D eigenvalue weighted by Crippen LogP contribution is -2.49. The van der Waals surface area contributed by atoms with Gasteiger partial charge in [-0.15, -0.1) is 0 Å². The number of aromatic nitrogens is 7. The fraction of sp³-hybridized carbons (Fsp3) is 0.457. The lowest BCUT2D eigenvalue weighted by Gasteiger charge is -2.39. The minimum atomic E-state index is -0.618. The number of nitrogens with zero attached hydrogens (tertiary/aromatic N) is 9. The molecule has 3 aliphatic rings. The number of carbonyl (C=O) groups excluding carboxylic acids is 2. The first-order valence-corrected chi connectivity index (χ1v) is 21.7. The maximum absolute atomic E-state index is 15.1. The van der Waals surface area contributed by atoms with Crippen LogP contribution in [0.1, 0.15) is 106 Å². The standard InChI is InChI=1S/C46H52ClFN10O4/c1-26-38-40(53-42(52-26)51-25-45(2,3)4)58(32-20-29-12-13-30(21-32)56(29)44(61)62-46(5,6)7)43(60)57(38)31-14-15-36(50-22-31)41(59)54-18-16-33-34-9-8-17-49-39(34)55(37(33)24-54)23-27-10-11-28(47)19-35(27)48/h8-11,14-15,17,19,22,29-30,32H,12-13,16,18,20-21,23-25H2,1-7H3,(H,51,52,53). The number of halogens is 2. The van der Waals surface area contributed by atoms with E-state index in [0.29, 0.717) is 71.4 Å². The van der Waals surface area contributed by atoms with E-state index in [2.05, 4.69) is 36.1 Å². The average Bonchev–Trinajstić information content (AvgIpc) is 3.80. The van der Waals surface area contributed by atoms with Gasteiger partial charge in [-0.2, -0.15) is 4.98 Å². The van der Waals surface area contributed by atoms with Crippen LogP contribution in [0.5, 0.6) is 0 Å². The van der Waals surface area contributed by atoms with Gasteiger partial charge < -0.3 is 24.4 Å². The zero-order valence-electron chi connectivity index (χ0n) is 36.2. The van der Waals surface area contributed by atoms with E-state index in [0.717, 1.165) is 35.1 Å². The zero-order chi connectivity index (χ0) is 43.8. The first-order chi connectivity index (χ1) is 29.4. The Morgan fingerprint density at radius 1 is 0.968 bits per heavy atom. The molecule has 9 rings (SSSR count). The highest BCUT2D eigenvalue weighted by atomic mass is 35.5. The molecule has 1 aromatic carbocycles. The maximum Gasteiger partial charge on any atom is 0.410 e. The number of carbonyl (C=O) groups is 2. The predicted octanol–water partition coefficient (Wildman–Crippen LogP) is 8.24. The molecule has 0 saturated carbocycles. The second kappa shape index (κ2) is 15.5. The van der Waals surface area contributed by atoms with E-state index in [9.17, 15) is 14.4 Å². The number of hydrogen-bond acceptors (Lipinski definition) is 9. The van der Waals surface area contributed by atoms with Crippen LogP contribution < -0.4 is 11.0 Å². The number of hydrogen-bond donors (Lipinski definition) is 1. The van der Waals surface area contributed by atoms with Crippen molar-refractivity contribution >= 4 is 51.7 Å². The third-order valence-corrected chi connectivity index (χ3v) is 12.4. The van der Waals surface area contributed by atoms with Crippen LogP contribution in [0.2, 0.25) is 5.02 Å². The SMILES string of the molecule is Cc1nc(NCC(C)(C)C)nc2c1n(-c1ccc(C(=O)N3CCc4c(n(Cc5ccc(Cl)cc5F)c5ncccc45)C3)nc1)c(=O)n2C1CC2CCC(C1)N2C(=O)OC(C)(C)C. The first-order valence-electron chi connectivity index (χ1n) is 21.4. The summed E-state index contributed by atoms with van der Waals surface area (Å²) in [4.78, 5) is 65.1. The van der Waals surface area contributed by atoms with Gasteiger partial charge in [0.1, 0.15) is 28.3 Å². The number of anilines is 1. The number of amides is 2. The van der Waals surface area contributed by atoms with Crippen LogP contribution in [-0.4, -0.2) is 86.2 Å². The van der Waals surface area contributed by atoms with Crippen LogP contribution in [0, 0.1) is 18.2 Å². The maximum atomic E-state index is 15.1. The van der Waals surface area contributed by atoms with E-state index in [1.165, 1.54) is 6.07 Å². The van der Waals surface area contributed by atoms with E-state index >= 15 is 4.39 Å². The quantitative estimate of drug-likeness (QED) is 0.168. The van der Waals surface area contributed by atoms with E-state index in [-0.39, 0.29) is 60.0 Å². The zero-order valence-corrected chi connectivity index (χ0v) is 37.0. The van der Waals surface area contributed by atoms with Gasteiger partial charge in [-0.05, 0) is 107 Å². The van der Waals surface area contributed by atoms with Crippen molar-refractivity contribution < 1.29 is 18.7 Å². The molecular weight excluding hydrogens is 811 g/mol. The minimum absolute atomic E-state index is 0.0424. The molecule has 2 unspecified atom stereocenters. The molecule has 14 nitrogen and oxygen atoms in total. The van der Waals surface area contributed by atoms with Crippen LogP contribution in [-0.2, 0) is 24.2 Å². The lowest BCUT2D eigenvalue weighted by atomic mass is 9.97. The lowest BCUT2D eigenvalue weighted by molar-refractivity contribution is 0.00295. The van der Waals surface area contributed by atoms with Crippen LogP contribution in [0.4, 0.5) is 15.1 Å². The van der Waals surface area contributed by atoms with E-state index in [1.807, 2.05) is 49.3 Å². The molecule has 0 aliphatic carbocycles. The number of pyridine rings is 2. The predicted molar refractivity (Wildman–Crippen MR) is 235 cm³/mol. The second-order valence-corrected chi connectivity index (χ2v) is 19.5. The summed E-state index contributed by atoms with van der Waals surface area (Å²) >= 11 is 6.06. The van der Waals surface area contributed by atoms with Gasteiger partial charge in [0.05, 0.1) is 30.7 Å². The molecule has 2 bridgehead atoms. The Morgan fingerprint density at radius 2 is 1.73 bits per heavy atom. The van der Waals surface area contributed by atoms with Crippen molar-refractivity contribution in [3.05, 3.63) is 104 Å². The molecule has 5 aromatic heterocycles. The minimum Gasteiger partial charge on any atom is -0.444 e. The molecule has 2 saturated heterocycles. The second-order valence-electron chi connectivity index (χ2n) is 19.1. The fourth-order valence-corrected chi connectivity index (χ4v) is 9.63. The van der Waals surface area contributed by atoms with E-state index < -0.39 is 11.4 Å². The number of aryl methyl sites for hydroxylation is 1. The Balaban J connectivity index is 1.03. The Bertz CT molecular complexity index is 2790. The molecule has 0 radical (unpaired) electrons. The van der Waals surface area contributed by atoms with Gasteiger partial charge in [0.25, 0.3) is 5.91 Å². The summed E-state index contributed by atoms with van der Waals surface area (Å²) in [7, 11) is 0. The number of imidazole rings is 1. The molecule has 2 amide bonds. The van der Waals surface area contributed by atoms with Gasteiger partial charge >= 0.3 is 11.8 Å². The number of ether oxygens (including phenoxy) is 1. The number of rotatable bonds is 7. The van der Waals surface area contributed by atoms with Crippen LogP contribution in [0.25, 0.3) is 27.9 Å². The van der Waals surface area contributed by atoms with Crippen LogP contribution >= 0.6 is 11.6 Å². The average molecular weight is 863 g/mol. The van der Waals surface area contributed by atoms with Crippen LogP contribution in [0.15, 0.2) is 59.7 Å². The topological polar surface area (TPSA) is 145 Å². The van der Waals surface area contributed by atoms with Gasteiger partial charge in [0, 0.05) is 59.1 Å². The molecule has 62 heavy (non-hydrogen) atoms. The summed E-state index contributed by atoms with van der Waals surface area (Å²) in [5.74, 6) is -0.239. The molecule has 8 heterocycles. The number of benzene rings is 1. The number of fused-ring (bicyclic) bond motifs is 6. The third kappa shape index (κ3) is 7.68. The summed E-state index contributed by atoms with van der Waals surface area (Å²) in [5, 5.41) is 4.68. The highest BCUT2D eigenvalue weighted by Gasteiger charge is 2.46. The molecule has 3 aliphatic heterocycles. The van der Waals surface area contributed by atoms with Crippen molar-refractivity contribution in [1.29, 1.82) is 0 Å². The van der Waals surface area contributed by atoms with Crippen molar-refractivity contribution in [2.75, 3.05) is 18.4 Å². The molecular formula is C46H52ClFN10O4. The van der Waals surface area contributed by atoms with E-state index in [1.54, 1.807) is 50.7 Å². The molecule has 324 valence electrons. The van der Waals surface area contributed by atoms with Crippen molar-refractivity contribution in [3.8, 4) is 5.69 Å². The summed E-state index contributed by atoms with van der Waals surface area (Å²) < 4.78 is 26.2. The Labute approximate surface area is 364 Å². The van der Waals surface area contributed by atoms with Gasteiger partial charge in [-0.25, -0.2) is 28.9 Å². The Hall–Kier alpha value is -5.83. The molecule has 0 spiro atoms. The third-order valence-electron chi connectivity index (χ3n) is 12.2. The summed E-state index contributed by atoms with van der Waals surface area (Å²) in [5.41, 5.74) is 4.60. The fourth-order valence-electron chi connectivity index (χ4n) is 9.47.